The Kier molecular flexibility index (Phi) is 4.48. The molecule has 4 nitrogen and oxygen atoms in total. The summed E-state index contributed by atoms with van der Waals surface area (Å²) < 4.78 is 27.9. The van der Waals surface area contributed by atoms with Gasteiger partial charge in [0.05, 0.1) is 5.92 Å². The van der Waals surface area contributed by atoms with Crippen molar-refractivity contribution in [1.82, 2.24) is 4.90 Å². The number of carbonyl (C=O) groups is 2. The Morgan fingerprint density at radius 3 is 2.39 bits per heavy atom. The molecule has 0 aliphatic carbocycles. The van der Waals surface area contributed by atoms with Crippen molar-refractivity contribution in [3.8, 4) is 0 Å². The van der Waals surface area contributed by atoms with Crippen molar-refractivity contribution < 1.29 is 18.4 Å². The summed E-state index contributed by atoms with van der Waals surface area (Å²) in [7, 11) is 1.77. The van der Waals surface area contributed by atoms with E-state index in [9.17, 15) is 18.4 Å². The van der Waals surface area contributed by atoms with Crippen LogP contribution in [0.15, 0.2) is 72.8 Å². The number of rotatable bonds is 3. The number of Topliss-reactive ketones (excluding diaryl/α,β-unsaturated/α-hetero) is 1. The van der Waals surface area contributed by atoms with E-state index in [0.717, 1.165) is 5.56 Å². The number of nitrogens with zero attached hydrogens (tertiary/aromatic N) is 1. The second kappa shape index (κ2) is 7.10. The summed E-state index contributed by atoms with van der Waals surface area (Å²) >= 11 is 0. The summed E-state index contributed by atoms with van der Waals surface area (Å²) in [6.45, 7) is 0.387. The van der Waals surface area contributed by atoms with Crippen LogP contribution < -0.4 is 5.32 Å². The van der Waals surface area contributed by atoms with E-state index in [-0.39, 0.29) is 23.4 Å². The van der Waals surface area contributed by atoms with Gasteiger partial charge in [-0.1, -0.05) is 42.5 Å². The van der Waals surface area contributed by atoms with Crippen LogP contribution >= 0.6 is 0 Å². The molecule has 2 aliphatic rings. The standard InChI is InChI=1S/C25H20F2N2O2/c1-29-14-19(15-7-9-17(26)10-8-15)22(23(30)16-5-3-2-4-6-16)25(29)20-13-18(27)11-12-21(20)28-24(25)31/h2-13,19,22H,14H2,1H3,(H,28,31)/t19-,22-,25+/m1/s1. The maximum Gasteiger partial charge on any atom is 0.250 e. The molecule has 0 bridgehead atoms. The minimum Gasteiger partial charge on any atom is -0.324 e. The Labute approximate surface area is 178 Å². The Hall–Kier alpha value is -3.38. The first-order chi connectivity index (χ1) is 14.9. The van der Waals surface area contributed by atoms with Gasteiger partial charge < -0.3 is 5.32 Å². The maximum atomic E-state index is 14.3. The van der Waals surface area contributed by atoms with Gasteiger partial charge in [0.15, 0.2) is 5.78 Å². The van der Waals surface area contributed by atoms with Crippen molar-refractivity contribution >= 4 is 17.4 Å². The highest BCUT2D eigenvalue weighted by Gasteiger charge is 2.64. The minimum atomic E-state index is -1.36. The molecule has 31 heavy (non-hydrogen) atoms. The topological polar surface area (TPSA) is 49.4 Å². The number of hydrogen-bond acceptors (Lipinski definition) is 3. The van der Waals surface area contributed by atoms with Crippen LogP contribution in [0.4, 0.5) is 14.5 Å². The predicted octanol–water partition coefficient (Wildman–Crippen LogP) is 4.34. The first kappa shape index (κ1) is 19.6. The fraction of sp³-hybridized carbons (Fsp3) is 0.200. The third-order valence-corrected chi connectivity index (χ3v) is 6.55. The average molecular weight is 418 g/mol. The zero-order chi connectivity index (χ0) is 21.8. The Morgan fingerprint density at radius 2 is 1.68 bits per heavy atom. The zero-order valence-corrected chi connectivity index (χ0v) is 16.8. The largest absolute Gasteiger partial charge is 0.324 e. The van der Waals surface area contributed by atoms with Crippen LogP contribution in [-0.4, -0.2) is 30.2 Å². The Bertz CT molecular complexity index is 1180. The normalized spacial score (nSPS) is 24.9. The van der Waals surface area contributed by atoms with Crippen LogP contribution in [0.5, 0.6) is 0 Å². The monoisotopic (exact) mass is 418 g/mol. The molecule has 1 fully saturated rings. The lowest BCUT2D eigenvalue weighted by atomic mass is 9.70. The molecule has 0 saturated carbocycles. The van der Waals surface area contributed by atoms with Crippen molar-refractivity contribution in [1.29, 1.82) is 0 Å². The number of nitrogens with one attached hydrogen (secondary N) is 1. The number of anilines is 1. The van der Waals surface area contributed by atoms with Crippen LogP contribution in [0.25, 0.3) is 0 Å². The fourth-order valence-corrected chi connectivity index (χ4v) is 5.20. The lowest BCUT2D eigenvalue weighted by molar-refractivity contribution is -0.126. The fourth-order valence-electron chi connectivity index (χ4n) is 5.20. The molecule has 3 aromatic rings. The van der Waals surface area contributed by atoms with E-state index in [1.807, 2.05) is 11.0 Å². The number of likely N-dealkylation sites (tertiary alicyclic amines) is 1. The van der Waals surface area contributed by atoms with Crippen LogP contribution in [0.3, 0.4) is 0 Å². The van der Waals surface area contributed by atoms with Crippen molar-refractivity contribution in [2.45, 2.75) is 11.5 Å². The summed E-state index contributed by atoms with van der Waals surface area (Å²) in [4.78, 5) is 29.2. The number of benzene rings is 3. The molecule has 3 aromatic carbocycles. The molecular formula is C25H20F2N2O2. The first-order valence-electron chi connectivity index (χ1n) is 10.1. The van der Waals surface area contributed by atoms with E-state index in [2.05, 4.69) is 5.32 Å². The summed E-state index contributed by atoms with van der Waals surface area (Å²) in [6, 6.07) is 19.0. The van der Waals surface area contributed by atoms with Crippen LogP contribution in [0.2, 0.25) is 0 Å². The van der Waals surface area contributed by atoms with Crippen molar-refractivity contribution in [2.75, 3.05) is 18.9 Å². The molecule has 1 spiro atoms. The van der Waals surface area contributed by atoms with Gasteiger partial charge >= 0.3 is 0 Å². The van der Waals surface area contributed by atoms with Gasteiger partial charge in [0.1, 0.15) is 17.2 Å². The molecule has 0 aromatic heterocycles. The van der Waals surface area contributed by atoms with Crippen molar-refractivity contribution in [3.05, 3.63) is 101 Å². The van der Waals surface area contributed by atoms with Crippen LogP contribution in [0.1, 0.15) is 27.4 Å². The van der Waals surface area contributed by atoms with Gasteiger partial charge in [-0.3, -0.25) is 14.5 Å². The lowest BCUT2D eigenvalue weighted by Gasteiger charge is -2.35. The molecule has 0 unspecified atom stereocenters. The quantitative estimate of drug-likeness (QED) is 0.644. The number of amides is 1. The summed E-state index contributed by atoms with van der Waals surface area (Å²) in [5.41, 5.74) is 0.843. The molecule has 3 atom stereocenters. The van der Waals surface area contributed by atoms with E-state index in [1.54, 1.807) is 43.4 Å². The second-order valence-electron chi connectivity index (χ2n) is 8.16. The lowest BCUT2D eigenvalue weighted by Crippen LogP contribution is -2.51. The second-order valence-corrected chi connectivity index (χ2v) is 8.16. The molecule has 0 radical (unpaired) electrons. The van der Waals surface area contributed by atoms with E-state index in [0.29, 0.717) is 23.4 Å². The first-order valence-corrected chi connectivity index (χ1v) is 10.1. The molecular weight excluding hydrogens is 398 g/mol. The van der Waals surface area contributed by atoms with E-state index < -0.39 is 17.3 Å². The van der Waals surface area contributed by atoms with E-state index >= 15 is 0 Å². The van der Waals surface area contributed by atoms with Gasteiger partial charge in [0.2, 0.25) is 5.91 Å². The molecule has 1 saturated heterocycles. The van der Waals surface area contributed by atoms with Crippen LogP contribution in [0, 0.1) is 17.6 Å². The summed E-state index contributed by atoms with van der Waals surface area (Å²) in [6.07, 6.45) is 0. The third kappa shape index (κ3) is 2.82. The van der Waals surface area contributed by atoms with Crippen LogP contribution in [-0.2, 0) is 10.3 Å². The number of hydrogen-bond donors (Lipinski definition) is 1. The average Bonchev–Trinajstić information content (AvgIpc) is 3.24. The third-order valence-electron chi connectivity index (χ3n) is 6.55. The number of carbonyl (C=O) groups excluding carboxylic acids is 2. The smallest absolute Gasteiger partial charge is 0.250 e. The molecule has 1 N–H and O–H groups in total. The number of halogens is 2. The molecule has 1 amide bonds. The molecule has 5 rings (SSSR count). The van der Waals surface area contributed by atoms with Gasteiger partial charge in [0.25, 0.3) is 0 Å². The predicted molar refractivity (Wildman–Crippen MR) is 113 cm³/mol. The number of fused-ring (bicyclic) bond motifs is 2. The number of ketones is 1. The van der Waals surface area contributed by atoms with Crippen molar-refractivity contribution in [2.24, 2.45) is 5.92 Å². The molecule has 6 heteroatoms. The van der Waals surface area contributed by atoms with Crippen molar-refractivity contribution in [3.63, 3.8) is 0 Å². The van der Waals surface area contributed by atoms with Gasteiger partial charge in [-0.25, -0.2) is 8.78 Å². The highest BCUT2D eigenvalue weighted by atomic mass is 19.1. The maximum absolute atomic E-state index is 14.3. The van der Waals surface area contributed by atoms with Gasteiger partial charge in [-0.05, 0) is 42.9 Å². The summed E-state index contributed by atoms with van der Waals surface area (Å²) in [5, 5.41) is 2.85. The minimum absolute atomic E-state index is 0.202. The Morgan fingerprint density at radius 1 is 1.00 bits per heavy atom. The molecule has 2 aliphatic heterocycles. The summed E-state index contributed by atoms with van der Waals surface area (Å²) in [5.74, 6) is -2.59. The molecule has 2 heterocycles. The van der Waals surface area contributed by atoms with Gasteiger partial charge in [0, 0.05) is 29.3 Å². The van der Waals surface area contributed by atoms with Gasteiger partial charge in [-0.2, -0.15) is 0 Å². The highest BCUT2D eigenvalue weighted by molar-refractivity contribution is 6.12. The molecule has 156 valence electrons. The zero-order valence-electron chi connectivity index (χ0n) is 16.8. The number of likely N-dealkylation sites (N-methyl/N-ethyl adjacent to an activating group) is 1. The van der Waals surface area contributed by atoms with Gasteiger partial charge in [-0.15, -0.1) is 0 Å². The highest BCUT2D eigenvalue weighted by Crippen LogP contribution is 2.55. The van der Waals surface area contributed by atoms with E-state index in [4.69, 9.17) is 0 Å². The Balaban J connectivity index is 1.74. The van der Waals surface area contributed by atoms with E-state index in [1.165, 1.54) is 30.3 Å². The SMILES string of the molecule is CN1C[C@H](c2ccc(F)cc2)[C@H](C(=O)c2ccccc2)[C@@]12C(=O)Nc1ccc(F)cc12.